The molecule has 4 rings (SSSR count). The average molecular weight is 400 g/mol. The number of hydrogen-bond acceptors (Lipinski definition) is 1. The molecule has 0 spiro atoms. The molecule has 0 atom stereocenters. The van der Waals surface area contributed by atoms with E-state index in [-0.39, 0.29) is 0 Å². The van der Waals surface area contributed by atoms with Gasteiger partial charge in [0.2, 0.25) is 0 Å². The fourth-order valence-electron chi connectivity index (χ4n) is 4.02. The quantitative estimate of drug-likeness (QED) is 0.164. The van der Waals surface area contributed by atoms with Gasteiger partial charge in [0, 0.05) is 33.2 Å². The molecule has 4 aromatic rings. The molecule has 0 aliphatic carbocycles. The van der Waals surface area contributed by atoms with E-state index >= 15 is 0 Å². The first-order valence-electron chi connectivity index (χ1n) is 10.6. The van der Waals surface area contributed by atoms with Gasteiger partial charge in [-0.2, -0.15) is 0 Å². The van der Waals surface area contributed by atoms with Crippen LogP contribution in [0.2, 0.25) is 0 Å². The van der Waals surface area contributed by atoms with Gasteiger partial charge in [0.25, 0.3) is 0 Å². The Labute approximate surface area is 178 Å². The number of hydrogen-bond donors (Lipinski definition) is 0. The maximum absolute atomic E-state index is 2.51. The number of rotatable bonds is 8. The highest BCUT2D eigenvalue weighted by molar-refractivity contribution is 7.98. The van der Waals surface area contributed by atoms with Crippen LogP contribution in [0.4, 0.5) is 0 Å². The molecule has 1 nitrogen and oxygen atoms in total. The van der Waals surface area contributed by atoms with Crippen LogP contribution in [-0.4, -0.2) is 10.8 Å². The highest BCUT2D eigenvalue weighted by Gasteiger charge is 2.10. The van der Waals surface area contributed by atoms with E-state index in [9.17, 15) is 0 Å². The zero-order chi connectivity index (χ0) is 20.1. The molecule has 1 aromatic heterocycles. The van der Waals surface area contributed by atoms with Gasteiger partial charge in [0.15, 0.2) is 0 Å². The number of unbranched alkanes of at least 4 members (excludes halogenated alkanes) is 3. The van der Waals surface area contributed by atoms with Gasteiger partial charge in [-0.25, -0.2) is 0 Å². The lowest BCUT2D eigenvalue weighted by Gasteiger charge is -2.07. The number of fused-ring (bicyclic) bond motifs is 3. The number of thioether (sulfide) groups is 1. The lowest BCUT2D eigenvalue weighted by Crippen LogP contribution is -1.97. The van der Waals surface area contributed by atoms with Crippen LogP contribution in [0, 0.1) is 0 Å². The largest absolute Gasteiger partial charge is 0.340 e. The molecular weight excluding hydrogens is 370 g/mol. The molecule has 0 N–H and O–H groups in total. The summed E-state index contributed by atoms with van der Waals surface area (Å²) in [6.45, 7) is 3.37. The first-order valence-corrected chi connectivity index (χ1v) is 11.9. The van der Waals surface area contributed by atoms with Crippen molar-refractivity contribution in [3.8, 4) is 0 Å². The second-order valence-electron chi connectivity index (χ2n) is 7.61. The van der Waals surface area contributed by atoms with Crippen LogP contribution in [0.15, 0.2) is 71.6 Å². The highest BCUT2D eigenvalue weighted by Crippen LogP contribution is 2.30. The Kier molecular flexibility index (Phi) is 6.41. The van der Waals surface area contributed by atoms with Crippen LogP contribution in [-0.2, 0) is 6.54 Å². The number of nitrogens with zero attached hydrogens (tertiary/aromatic N) is 1. The predicted octanol–water partition coefficient (Wildman–Crippen LogP) is 8.27. The molecule has 0 aliphatic rings. The minimum absolute atomic E-state index is 1.10. The zero-order valence-electron chi connectivity index (χ0n) is 17.4. The number of aromatic nitrogens is 1. The molecule has 0 bridgehead atoms. The standard InChI is InChI=1S/C27H29NS/c1-3-4-5-8-19-28-26-10-7-6-9-24(26)25-20-22(15-18-27(25)28)12-11-21-13-16-23(29-2)17-14-21/h6-7,9-18,20H,3-5,8,19H2,1-2H3/b12-11+. The van der Waals surface area contributed by atoms with Crippen molar-refractivity contribution >= 4 is 45.7 Å². The first kappa shape index (κ1) is 19.8. The Morgan fingerprint density at radius 1 is 0.759 bits per heavy atom. The number of aryl methyl sites for hydroxylation is 1. The lowest BCUT2D eigenvalue weighted by atomic mass is 10.1. The third-order valence-electron chi connectivity index (χ3n) is 5.62. The predicted molar refractivity (Wildman–Crippen MR) is 131 cm³/mol. The van der Waals surface area contributed by atoms with Crippen LogP contribution in [0.5, 0.6) is 0 Å². The fourth-order valence-corrected chi connectivity index (χ4v) is 4.43. The van der Waals surface area contributed by atoms with Crippen LogP contribution < -0.4 is 0 Å². The van der Waals surface area contributed by atoms with Crippen molar-refractivity contribution in [1.29, 1.82) is 0 Å². The summed E-state index contributed by atoms with van der Waals surface area (Å²) in [5, 5.41) is 2.72. The van der Waals surface area contributed by atoms with Gasteiger partial charge in [-0.05, 0) is 54.1 Å². The summed E-state index contributed by atoms with van der Waals surface area (Å²) in [7, 11) is 0. The van der Waals surface area contributed by atoms with Gasteiger partial charge in [-0.3, -0.25) is 0 Å². The summed E-state index contributed by atoms with van der Waals surface area (Å²) in [5.41, 5.74) is 5.19. The van der Waals surface area contributed by atoms with E-state index in [1.54, 1.807) is 11.8 Å². The maximum Gasteiger partial charge on any atom is 0.0491 e. The highest BCUT2D eigenvalue weighted by atomic mass is 32.2. The van der Waals surface area contributed by atoms with Gasteiger partial charge < -0.3 is 4.57 Å². The van der Waals surface area contributed by atoms with Crippen molar-refractivity contribution in [1.82, 2.24) is 4.57 Å². The van der Waals surface area contributed by atoms with Gasteiger partial charge in [-0.1, -0.05) is 74.7 Å². The summed E-state index contributed by atoms with van der Waals surface area (Å²) in [4.78, 5) is 1.30. The molecule has 0 fully saturated rings. The normalized spacial score (nSPS) is 11.8. The molecule has 0 saturated carbocycles. The zero-order valence-corrected chi connectivity index (χ0v) is 18.2. The molecule has 0 amide bonds. The number of para-hydroxylation sites is 1. The van der Waals surface area contributed by atoms with E-state index in [0.29, 0.717) is 0 Å². The van der Waals surface area contributed by atoms with Gasteiger partial charge in [-0.15, -0.1) is 11.8 Å². The molecule has 0 aliphatic heterocycles. The SMILES string of the molecule is CCCCCCn1c2ccccc2c2cc(/C=C/c3ccc(SC)cc3)ccc21. The smallest absolute Gasteiger partial charge is 0.0491 e. The van der Waals surface area contributed by atoms with Crippen molar-refractivity contribution in [2.75, 3.05) is 6.26 Å². The maximum atomic E-state index is 2.51. The van der Waals surface area contributed by atoms with E-state index in [4.69, 9.17) is 0 Å². The summed E-state index contributed by atoms with van der Waals surface area (Å²) >= 11 is 1.78. The Morgan fingerprint density at radius 2 is 1.48 bits per heavy atom. The monoisotopic (exact) mass is 399 g/mol. The van der Waals surface area contributed by atoms with Crippen LogP contribution in [0.1, 0.15) is 43.7 Å². The van der Waals surface area contributed by atoms with Gasteiger partial charge in [0.05, 0.1) is 0 Å². The molecule has 1 heterocycles. The van der Waals surface area contributed by atoms with Crippen molar-refractivity contribution in [2.24, 2.45) is 0 Å². The second-order valence-corrected chi connectivity index (χ2v) is 8.49. The van der Waals surface area contributed by atoms with E-state index in [1.165, 1.54) is 63.5 Å². The summed E-state index contributed by atoms with van der Waals surface area (Å²) < 4.78 is 2.51. The first-order chi connectivity index (χ1) is 14.3. The van der Waals surface area contributed by atoms with Gasteiger partial charge >= 0.3 is 0 Å². The Bertz CT molecular complexity index is 1120. The number of benzene rings is 3. The van der Waals surface area contributed by atoms with Crippen LogP contribution >= 0.6 is 11.8 Å². The molecule has 0 saturated heterocycles. The molecule has 0 unspecified atom stereocenters. The van der Waals surface area contributed by atoms with E-state index < -0.39 is 0 Å². The summed E-state index contributed by atoms with van der Waals surface area (Å²) in [6.07, 6.45) is 11.7. The van der Waals surface area contributed by atoms with Crippen LogP contribution in [0.25, 0.3) is 34.0 Å². The topological polar surface area (TPSA) is 4.93 Å². The molecule has 3 aromatic carbocycles. The van der Waals surface area contributed by atoms with Crippen LogP contribution in [0.3, 0.4) is 0 Å². The van der Waals surface area contributed by atoms with Crippen molar-refractivity contribution in [3.05, 3.63) is 77.9 Å². The Hall–Kier alpha value is -2.45. The van der Waals surface area contributed by atoms with Crippen molar-refractivity contribution < 1.29 is 0 Å². The van der Waals surface area contributed by atoms with Crippen molar-refractivity contribution in [2.45, 2.75) is 44.0 Å². The minimum Gasteiger partial charge on any atom is -0.340 e. The summed E-state index contributed by atoms with van der Waals surface area (Å²) in [6, 6.07) is 24.4. The third-order valence-corrected chi connectivity index (χ3v) is 6.36. The Morgan fingerprint density at radius 3 is 2.28 bits per heavy atom. The molecular formula is C27H29NS. The van der Waals surface area contributed by atoms with E-state index in [0.717, 1.165) is 6.54 Å². The van der Waals surface area contributed by atoms with E-state index in [1.807, 2.05) is 0 Å². The van der Waals surface area contributed by atoms with Crippen molar-refractivity contribution in [3.63, 3.8) is 0 Å². The Balaban J connectivity index is 1.66. The summed E-state index contributed by atoms with van der Waals surface area (Å²) in [5.74, 6) is 0. The average Bonchev–Trinajstić information content (AvgIpc) is 3.09. The second kappa shape index (κ2) is 9.37. The third kappa shape index (κ3) is 4.43. The van der Waals surface area contributed by atoms with Gasteiger partial charge in [0.1, 0.15) is 0 Å². The molecule has 0 radical (unpaired) electrons. The lowest BCUT2D eigenvalue weighted by molar-refractivity contribution is 0.602. The molecule has 29 heavy (non-hydrogen) atoms. The minimum atomic E-state index is 1.10. The fraction of sp³-hybridized carbons (Fsp3) is 0.259. The van der Waals surface area contributed by atoms with E-state index in [2.05, 4.69) is 96.6 Å². The molecule has 148 valence electrons. The molecule has 2 heteroatoms.